The number of rotatable bonds is 2. The minimum atomic E-state index is -0.369. The highest BCUT2D eigenvalue weighted by Crippen LogP contribution is 2.22. The van der Waals surface area contributed by atoms with Crippen molar-refractivity contribution in [1.29, 1.82) is 0 Å². The molecule has 15 heavy (non-hydrogen) atoms. The van der Waals surface area contributed by atoms with Crippen LogP contribution in [0.4, 0.5) is 0 Å². The zero-order chi connectivity index (χ0) is 11.4. The molecule has 0 amide bonds. The Kier molecular flexibility index (Phi) is 3.50. The van der Waals surface area contributed by atoms with E-state index in [9.17, 15) is 9.90 Å². The molecule has 0 unspecified atom stereocenters. The van der Waals surface area contributed by atoms with Crippen molar-refractivity contribution in [3.05, 3.63) is 35.4 Å². The van der Waals surface area contributed by atoms with Crippen LogP contribution >= 0.6 is 0 Å². The second kappa shape index (κ2) is 4.64. The Hall–Kier alpha value is -1.77. The summed E-state index contributed by atoms with van der Waals surface area (Å²) in [6.45, 7) is 5.24. The monoisotopic (exact) mass is 206 g/mol. The van der Waals surface area contributed by atoms with Crippen molar-refractivity contribution in [2.75, 3.05) is 0 Å². The van der Waals surface area contributed by atoms with Gasteiger partial charge in [0, 0.05) is 5.57 Å². The zero-order valence-corrected chi connectivity index (χ0v) is 9.07. The molecule has 3 nitrogen and oxygen atoms in total. The number of aromatic hydroxyl groups is 1. The van der Waals surface area contributed by atoms with Crippen LogP contribution in [0.25, 0.3) is 0 Å². The lowest BCUT2D eigenvalue weighted by molar-refractivity contribution is -0.130. The van der Waals surface area contributed by atoms with Gasteiger partial charge in [-0.05, 0) is 44.5 Å². The number of carbonyl (C=O) groups excluding carboxylic acids is 1. The largest absolute Gasteiger partial charge is 0.508 e. The van der Waals surface area contributed by atoms with E-state index >= 15 is 0 Å². The van der Waals surface area contributed by atoms with Crippen molar-refractivity contribution in [3.8, 4) is 11.5 Å². The van der Waals surface area contributed by atoms with Crippen LogP contribution in [-0.4, -0.2) is 11.1 Å². The lowest BCUT2D eigenvalue weighted by Crippen LogP contribution is -2.09. The lowest BCUT2D eigenvalue weighted by Gasteiger charge is -2.07. The zero-order valence-electron chi connectivity index (χ0n) is 9.07. The van der Waals surface area contributed by atoms with Crippen LogP contribution in [0.5, 0.6) is 11.5 Å². The van der Waals surface area contributed by atoms with Gasteiger partial charge in [-0.25, -0.2) is 4.79 Å². The molecule has 0 bridgehead atoms. The number of ether oxygens (including phenoxy) is 1. The fourth-order valence-electron chi connectivity index (χ4n) is 1.05. The molecule has 80 valence electrons. The van der Waals surface area contributed by atoms with E-state index in [1.807, 2.05) is 0 Å². The van der Waals surface area contributed by atoms with Crippen molar-refractivity contribution in [2.45, 2.75) is 20.8 Å². The predicted molar refractivity (Wildman–Crippen MR) is 57.9 cm³/mol. The molecule has 1 aromatic rings. The average Bonchev–Trinajstić information content (AvgIpc) is 2.20. The Bertz CT molecular complexity index is 405. The van der Waals surface area contributed by atoms with Gasteiger partial charge in [0.25, 0.3) is 0 Å². The Balaban J connectivity index is 2.86. The summed E-state index contributed by atoms with van der Waals surface area (Å²) in [5, 5.41) is 9.18. The van der Waals surface area contributed by atoms with E-state index in [4.69, 9.17) is 4.74 Å². The fraction of sp³-hybridized carbons (Fsp3) is 0.250. The standard InChI is InChI=1S/C12H14O3/c1-4-8(2)12(14)15-11-6-5-10(13)7-9(11)3/h4-7,13H,1-3H3. The first-order valence-corrected chi connectivity index (χ1v) is 4.69. The van der Waals surface area contributed by atoms with Crippen LogP contribution in [0.15, 0.2) is 29.8 Å². The molecule has 1 aromatic carbocycles. The normalized spacial score (nSPS) is 11.3. The van der Waals surface area contributed by atoms with Gasteiger partial charge in [0.15, 0.2) is 0 Å². The predicted octanol–water partition coefficient (Wildman–Crippen LogP) is 2.57. The first-order valence-electron chi connectivity index (χ1n) is 4.69. The maximum Gasteiger partial charge on any atom is 0.338 e. The van der Waals surface area contributed by atoms with E-state index in [0.29, 0.717) is 11.3 Å². The summed E-state index contributed by atoms with van der Waals surface area (Å²) in [6.07, 6.45) is 1.69. The number of phenolic OH excluding ortho intramolecular Hbond substituents is 1. The van der Waals surface area contributed by atoms with E-state index in [-0.39, 0.29) is 11.7 Å². The van der Waals surface area contributed by atoms with E-state index < -0.39 is 0 Å². The molecule has 0 aliphatic carbocycles. The highest BCUT2D eigenvalue weighted by atomic mass is 16.5. The van der Waals surface area contributed by atoms with Crippen LogP contribution < -0.4 is 4.74 Å². The molecule has 0 heterocycles. The number of phenols is 1. The molecule has 0 radical (unpaired) electrons. The number of esters is 1. The number of benzene rings is 1. The molecule has 0 atom stereocenters. The van der Waals surface area contributed by atoms with Gasteiger partial charge in [-0.1, -0.05) is 6.08 Å². The maximum atomic E-state index is 11.4. The molecular weight excluding hydrogens is 192 g/mol. The van der Waals surface area contributed by atoms with Gasteiger partial charge in [-0.15, -0.1) is 0 Å². The quantitative estimate of drug-likeness (QED) is 0.459. The first kappa shape index (κ1) is 11.3. The summed E-state index contributed by atoms with van der Waals surface area (Å²) < 4.78 is 5.13. The maximum absolute atomic E-state index is 11.4. The molecule has 0 saturated heterocycles. The van der Waals surface area contributed by atoms with E-state index in [2.05, 4.69) is 0 Å². The van der Waals surface area contributed by atoms with Gasteiger partial charge in [-0.3, -0.25) is 0 Å². The fourth-order valence-corrected chi connectivity index (χ4v) is 1.05. The molecule has 0 saturated carbocycles. The number of aryl methyl sites for hydroxylation is 1. The third-order valence-corrected chi connectivity index (χ3v) is 2.12. The molecule has 3 heteroatoms. The van der Waals surface area contributed by atoms with Crippen LogP contribution in [0.3, 0.4) is 0 Å². The third kappa shape index (κ3) is 2.84. The lowest BCUT2D eigenvalue weighted by atomic mass is 10.2. The summed E-state index contributed by atoms with van der Waals surface area (Å²) in [4.78, 5) is 11.4. The Morgan fingerprint density at radius 2 is 2.13 bits per heavy atom. The van der Waals surface area contributed by atoms with E-state index in [0.717, 1.165) is 5.56 Å². The number of hydrogen-bond donors (Lipinski definition) is 1. The SMILES string of the molecule is CC=C(C)C(=O)Oc1ccc(O)cc1C. The molecule has 1 N–H and O–H groups in total. The van der Waals surface area contributed by atoms with Crippen molar-refractivity contribution in [2.24, 2.45) is 0 Å². The second-order valence-corrected chi connectivity index (χ2v) is 3.31. The highest BCUT2D eigenvalue weighted by molar-refractivity contribution is 5.89. The van der Waals surface area contributed by atoms with Crippen molar-refractivity contribution >= 4 is 5.97 Å². The van der Waals surface area contributed by atoms with Gasteiger partial charge < -0.3 is 9.84 Å². The molecule has 0 aliphatic heterocycles. The topological polar surface area (TPSA) is 46.5 Å². The first-order chi connectivity index (χ1) is 7.04. The molecular formula is C12H14O3. The van der Waals surface area contributed by atoms with Gasteiger partial charge in [0.05, 0.1) is 0 Å². The van der Waals surface area contributed by atoms with E-state index in [1.54, 1.807) is 39.0 Å². The molecule has 0 aliphatic rings. The smallest absolute Gasteiger partial charge is 0.338 e. The second-order valence-electron chi connectivity index (χ2n) is 3.31. The van der Waals surface area contributed by atoms with Crippen molar-refractivity contribution < 1.29 is 14.6 Å². The summed E-state index contributed by atoms with van der Waals surface area (Å²) in [6, 6.07) is 4.61. The minimum absolute atomic E-state index is 0.162. The Morgan fingerprint density at radius 3 is 2.67 bits per heavy atom. The van der Waals surface area contributed by atoms with E-state index in [1.165, 1.54) is 6.07 Å². The number of hydrogen-bond acceptors (Lipinski definition) is 3. The molecule has 1 rings (SSSR count). The van der Waals surface area contributed by atoms with Crippen LogP contribution in [-0.2, 0) is 4.79 Å². The van der Waals surface area contributed by atoms with Crippen LogP contribution in [0.2, 0.25) is 0 Å². The number of allylic oxidation sites excluding steroid dienone is 1. The molecule has 0 fully saturated rings. The van der Waals surface area contributed by atoms with Gasteiger partial charge in [0.2, 0.25) is 0 Å². The minimum Gasteiger partial charge on any atom is -0.508 e. The van der Waals surface area contributed by atoms with Crippen molar-refractivity contribution in [1.82, 2.24) is 0 Å². The summed E-state index contributed by atoms with van der Waals surface area (Å²) in [5.41, 5.74) is 1.29. The van der Waals surface area contributed by atoms with Gasteiger partial charge in [-0.2, -0.15) is 0 Å². The Morgan fingerprint density at radius 1 is 1.47 bits per heavy atom. The highest BCUT2D eigenvalue weighted by Gasteiger charge is 2.08. The molecule has 0 aromatic heterocycles. The average molecular weight is 206 g/mol. The van der Waals surface area contributed by atoms with Crippen LogP contribution in [0.1, 0.15) is 19.4 Å². The Labute approximate surface area is 89.0 Å². The summed E-state index contributed by atoms with van der Waals surface area (Å²) in [7, 11) is 0. The summed E-state index contributed by atoms with van der Waals surface area (Å²) in [5.74, 6) is 0.264. The van der Waals surface area contributed by atoms with Crippen molar-refractivity contribution in [3.63, 3.8) is 0 Å². The van der Waals surface area contributed by atoms with Gasteiger partial charge >= 0.3 is 5.97 Å². The van der Waals surface area contributed by atoms with Crippen LogP contribution in [0, 0.1) is 6.92 Å². The summed E-state index contributed by atoms with van der Waals surface area (Å²) >= 11 is 0. The molecule has 0 spiro atoms. The third-order valence-electron chi connectivity index (χ3n) is 2.12. The van der Waals surface area contributed by atoms with Gasteiger partial charge in [0.1, 0.15) is 11.5 Å². The number of carbonyl (C=O) groups is 1.